The highest BCUT2D eigenvalue weighted by Gasteiger charge is 2.35. The van der Waals surface area contributed by atoms with Crippen molar-refractivity contribution >= 4 is 16.7 Å². The summed E-state index contributed by atoms with van der Waals surface area (Å²) in [6, 6.07) is 15.4. The largest absolute Gasteiger partial charge is 0.354 e. The van der Waals surface area contributed by atoms with E-state index in [1.165, 1.54) is 42.3 Å². The smallest absolute Gasteiger partial charge is 0.234 e. The SMILES string of the molecule is CCN(CC)CC(=O)NCC(CCN1CCCC1)(CC(C)C)c1cccc2ccccc12. The number of carbonyl (C=O) groups is 1. The highest BCUT2D eigenvalue weighted by Crippen LogP contribution is 2.39. The molecular weight excluding hydrogens is 394 g/mol. The number of carbonyl (C=O) groups excluding carboxylic acids is 1. The van der Waals surface area contributed by atoms with Gasteiger partial charge in [-0.15, -0.1) is 0 Å². The predicted octanol–water partition coefficient (Wildman–Crippen LogP) is 5.07. The first-order valence-electron chi connectivity index (χ1n) is 12.7. The van der Waals surface area contributed by atoms with Crippen LogP contribution in [0.5, 0.6) is 0 Å². The van der Waals surface area contributed by atoms with Gasteiger partial charge in [0.15, 0.2) is 0 Å². The maximum atomic E-state index is 12.9. The Kier molecular flexibility index (Phi) is 9.12. The molecule has 1 unspecified atom stereocenters. The van der Waals surface area contributed by atoms with Gasteiger partial charge in [0.05, 0.1) is 6.54 Å². The minimum Gasteiger partial charge on any atom is -0.354 e. The zero-order valence-electron chi connectivity index (χ0n) is 20.7. The lowest BCUT2D eigenvalue weighted by Crippen LogP contribution is -2.46. The molecule has 1 aliphatic heterocycles. The van der Waals surface area contributed by atoms with Crippen LogP contribution in [0, 0.1) is 5.92 Å². The first-order chi connectivity index (χ1) is 15.5. The first kappa shape index (κ1) is 24.7. The second-order valence-electron chi connectivity index (χ2n) is 9.94. The lowest BCUT2D eigenvalue weighted by Gasteiger charge is -2.38. The van der Waals surface area contributed by atoms with Gasteiger partial charge in [0.2, 0.25) is 5.91 Å². The van der Waals surface area contributed by atoms with Crippen molar-refractivity contribution in [3.05, 3.63) is 48.0 Å². The molecule has 0 radical (unpaired) electrons. The zero-order chi connectivity index (χ0) is 23.0. The Balaban J connectivity index is 1.93. The number of hydrogen-bond donors (Lipinski definition) is 1. The Morgan fingerprint density at radius 2 is 1.75 bits per heavy atom. The summed E-state index contributed by atoms with van der Waals surface area (Å²) in [4.78, 5) is 17.7. The van der Waals surface area contributed by atoms with E-state index in [9.17, 15) is 4.79 Å². The Hall–Kier alpha value is -1.91. The first-order valence-corrected chi connectivity index (χ1v) is 12.7. The van der Waals surface area contributed by atoms with E-state index in [1.54, 1.807) is 0 Å². The van der Waals surface area contributed by atoms with Crippen LogP contribution >= 0.6 is 0 Å². The third-order valence-corrected chi connectivity index (χ3v) is 7.15. The molecular formula is C28H43N3O. The molecule has 2 aromatic carbocycles. The van der Waals surface area contributed by atoms with Crippen LogP contribution in [0.1, 0.15) is 58.9 Å². The minimum atomic E-state index is -0.0729. The second kappa shape index (κ2) is 11.8. The molecule has 32 heavy (non-hydrogen) atoms. The standard InChI is InChI=1S/C28H43N3O/c1-5-30(6-2)21-27(32)29-22-28(20-23(3)4,16-19-31-17-9-10-18-31)26-15-11-13-24-12-7-8-14-25(24)26/h7-8,11-15,23H,5-6,9-10,16-22H2,1-4H3,(H,29,32). The lowest BCUT2D eigenvalue weighted by molar-refractivity contribution is -0.122. The van der Waals surface area contributed by atoms with E-state index in [2.05, 4.69) is 85.3 Å². The molecule has 0 bridgehead atoms. The molecule has 1 saturated heterocycles. The van der Waals surface area contributed by atoms with E-state index in [1.807, 2.05) is 0 Å². The van der Waals surface area contributed by atoms with Crippen molar-refractivity contribution in [1.29, 1.82) is 0 Å². The number of likely N-dealkylation sites (tertiary alicyclic amines) is 1. The summed E-state index contributed by atoms with van der Waals surface area (Å²) in [6.45, 7) is 15.4. The topological polar surface area (TPSA) is 35.6 Å². The molecule has 1 atom stereocenters. The van der Waals surface area contributed by atoms with Gasteiger partial charge in [0, 0.05) is 12.0 Å². The molecule has 4 heteroatoms. The van der Waals surface area contributed by atoms with Gasteiger partial charge in [0.25, 0.3) is 0 Å². The van der Waals surface area contributed by atoms with Crippen LogP contribution in [0.2, 0.25) is 0 Å². The van der Waals surface area contributed by atoms with Gasteiger partial charge in [-0.1, -0.05) is 70.2 Å². The van der Waals surface area contributed by atoms with E-state index >= 15 is 0 Å². The van der Waals surface area contributed by atoms with E-state index in [4.69, 9.17) is 0 Å². The lowest BCUT2D eigenvalue weighted by atomic mass is 9.70. The van der Waals surface area contributed by atoms with Gasteiger partial charge in [-0.05, 0) is 80.7 Å². The van der Waals surface area contributed by atoms with Crippen molar-refractivity contribution in [3.8, 4) is 0 Å². The van der Waals surface area contributed by atoms with Gasteiger partial charge >= 0.3 is 0 Å². The fraction of sp³-hybridized carbons (Fsp3) is 0.607. The molecule has 4 nitrogen and oxygen atoms in total. The molecule has 3 rings (SSSR count). The fourth-order valence-electron chi connectivity index (χ4n) is 5.42. The Morgan fingerprint density at radius 3 is 2.44 bits per heavy atom. The summed E-state index contributed by atoms with van der Waals surface area (Å²) < 4.78 is 0. The number of rotatable bonds is 12. The van der Waals surface area contributed by atoms with Crippen molar-refractivity contribution in [2.24, 2.45) is 5.92 Å². The molecule has 0 saturated carbocycles. The van der Waals surface area contributed by atoms with E-state index in [0.29, 0.717) is 19.0 Å². The maximum absolute atomic E-state index is 12.9. The average molecular weight is 438 g/mol. The third kappa shape index (κ3) is 6.32. The quantitative estimate of drug-likeness (QED) is 0.504. The van der Waals surface area contributed by atoms with Crippen LogP contribution in [-0.2, 0) is 10.2 Å². The maximum Gasteiger partial charge on any atom is 0.234 e. The monoisotopic (exact) mass is 437 g/mol. The Labute approximate surface area is 195 Å². The van der Waals surface area contributed by atoms with Crippen LogP contribution < -0.4 is 5.32 Å². The van der Waals surface area contributed by atoms with Gasteiger partial charge in [-0.25, -0.2) is 0 Å². The summed E-state index contributed by atoms with van der Waals surface area (Å²) in [5.74, 6) is 0.690. The van der Waals surface area contributed by atoms with Crippen LogP contribution in [0.3, 0.4) is 0 Å². The molecule has 1 fully saturated rings. The molecule has 1 heterocycles. The number of nitrogens with one attached hydrogen (secondary N) is 1. The summed E-state index contributed by atoms with van der Waals surface area (Å²) in [7, 11) is 0. The summed E-state index contributed by atoms with van der Waals surface area (Å²) >= 11 is 0. The number of amides is 1. The van der Waals surface area contributed by atoms with Crippen LogP contribution in [0.25, 0.3) is 10.8 Å². The van der Waals surface area contributed by atoms with Crippen LogP contribution in [0.15, 0.2) is 42.5 Å². The van der Waals surface area contributed by atoms with Gasteiger partial charge < -0.3 is 10.2 Å². The molecule has 176 valence electrons. The molecule has 1 N–H and O–H groups in total. The van der Waals surface area contributed by atoms with Crippen molar-refractivity contribution in [2.75, 3.05) is 45.8 Å². The molecule has 0 aliphatic carbocycles. The Morgan fingerprint density at radius 1 is 1.06 bits per heavy atom. The molecule has 1 amide bonds. The van der Waals surface area contributed by atoms with Crippen molar-refractivity contribution in [1.82, 2.24) is 15.1 Å². The summed E-state index contributed by atoms with van der Waals surface area (Å²) in [5.41, 5.74) is 1.32. The summed E-state index contributed by atoms with van der Waals surface area (Å²) in [6.07, 6.45) is 4.77. The Bertz CT molecular complexity index is 849. The van der Waals surface area contributed by atoms with Gasteiger partial charge in [-0.3, -0.25) is 9.69 Å². The normalized spacial score (nSPS) is 16.7. The second-order valence-corrected chi connectivity index (χ2v) is 9.94. The number of hydrogen-bond acceptors (Lipinski definition) is 3. The highest BCUT2D eigenvalue weighted by atomic mass is 16.2. The van der Waals surface area contributed by atoms with Crippen LogP contribution in [-0.4, -0.2) is 61.5 Å². The number of fused-ring (bicyclic) bond motifs is 1. The predicted molar refractivity (Wildman–Crippen MR) is 136 cm³/mol. The van der Waals surface area contributed by atoms with Gasteiger partial charge in [0.1, 0.15) is 0 Å². The number of likely N-dealkylation sites (N-methyl/N-ethyl adjacent to an activating group) is 1. The molecule has 2 aromatic rings. The van der Waals surface area contributed by atoms with Crippen molar-refractivity contribution < 1.29 is 4.79 Å². The number of benzene rings is 2. The van der Waals surface area contributed by atoms with Crippen molar-refractivity contribution in [2.45, 2.75) is 58.8 Å². The van der Waals surface area contributed by atoms with Crippen molar-refractivity contribution in [3.63, 3.8) is 0 Å². The van der Waals surface area contributed by atoms with E-state index < -0.39 is 0 Å². The number of nitrogens with zero attached hydrogens (tertiary/aromatic N) is 2. The van der Waals surface area contributed by atoms with E-state index in [-0.39, 0.29) is 11.3 Å². The molecule has 0 aromatic heterocycles. The average Bonchev–Trinajstić information content (AvgIpc) is 3.32. The zero-order valence-corrected chi connectivity index (χ0v) is 20.7. The van der Waals surface area contributed by atoms with E-state index in [0.717, 1.165) is 32.5 Å². The molecule has 0 spiro atoms. The third-order valence-electron chi connectivity index (χ3n) is 7.15. The fourth-order valence-corrected chi connectivity index (χ4v) is 5.42. The van der Waals surface area contributed by atoms with Crippen LogP contribution in [0.4, 0.5) is 0 Å². The highest BCUT2D eigenvalue weighted by molar-refractivity contribution is 5.87. The minimum absolute atomic E-state index is 0.0729. The summed E-state index contributed by atoms with van der Waals surface area (Å²) in [5, 5.41) is 5.98. The van der Waals surface area contributed by atoms with Gasteiger partial charge in [-0.2, -0.15) is 0 Å². The molecule has 1 aliphatic rings.